The molecule has 1 amide bonds. The highest BCUT2D eigenvalue weighted by molar-refractivity contribution is 5.98. The van der Waals surface area contributed by atoms with E-state index in [4.69, 9.17) is 9.72 Å². The van der Waals surface area contributed by atoms with Gasteiger partial charge in [-0.05, 0) is 69.7 Å². The number of rotatable bonds is 6. The molecule has 2 aromatic carbocycles. The van der Waals surface area contributed by atoms with Crippen LogP contribution in [-0.2, 0) is 16.7 Å². The number of nitrogens with one attached hydrogen (secondary N) is 1. The molecule has 0 unspecified atom stereocenters. The number of hydrogen-bond acceptors (Lipinski definition) is 5. The van der Waals surface area contributed by atoms with Crippen molar-refractivity contribution >= 4 is 22.6 Å². The Morgan fingerprint density at radius 2 is 1.75 bits per heavy atom. The lowest BCUT2D eigenvalue weighted by atomic mass is 9.71. The van der Waals surface area contributed by atoms with Gasteiger partial charge in [0.1, 0.15) is 11.4 Å². The lowest BCUT2D eigenvalue weighted by Gasteiger charge is -2.43. The van der Waals surface area contributed by atoms with E-state index in [1.807, 2.05) is 51.2 Å². The summed E-state index contributed by atoms with van der Waals surface area (Å²) in [6.07, 6.45) is 6.39. The number of amides is 1. The molecule has 7 nitrogen and oxygen atoms in total. The molecular weight excluding hydrogens is 498 g/mol. The summed E-state index contributed by atoms with van der Waals surface area (Å²) >= 11 is 0. The van der Waals surface area contributed by atoms with Crippen molar-refractivity contribution < 1.29 is 9.53 Å². The Morgan fingerprint density at radius 1 is 1.00 bits per heavy atom. The van der Waals surface area contributed by atoms with Crippen LogP contribution in [0.25, 0.3) is 38.9 Å². The number of hydrogen-bond donors (Lipinski definition) is 1. The van der Waals surface area contributed by atoms with Gasteiger partial charge in [0.15, 0.2) is 5.65 Å². The van der Waals surface area contributed by atoms with Crippen LogP contribution < -0.4 is 5.32 Å². The van der Waals surface area contributed by atoms with Gasteiger partial charge in [0.2, 0.25) is 0 Å². The van der Waals surface area contributed by atoms with Gasteiger partial charge in [0.05, 0.1) is 16.7 Å². The van der Waals surface area contributed by atoms with Crippen LogP contribution in [0.3, 0.4) is 0 Å². The zero-order chi connectivity index (χ0) is 27.9. The molecule has 6 rings (SSSR count). The molecule has 0 radical (unpaired) electrons. The topological polar surface area (TPSA) is 81.4 Å². The first-order valence-corrected chi connectivity index (χ1v) is 14.1. The summed E-state index contributed by atoms with van der Waals surface area (Å²) in [5, 5.41) is 13.1. The Labute approximate surface area is 234 Å². The zero-order valence-corrected chi connectivity index (χ0v) is 23.6. The van der Waals surface area contributed by atoms with Crippen LogP contribution in [0.4, 0.5) is 4.79 Å². The second-order valence-corrected chi connectivity index (χ2v) is 11.7. The van der Waals surface area contributed by atoms with Crippen LogP contribution in [-0.4, -0.2) is 31.3 Å². The number of ether oxygens (including phenoxy) is 1. The van der Waals surface area contributed by atoms with E-state index in [1.54, 1.807) is 0 Å². The molecule has 3 heterocycles. The van der Waals surface area contributed by atoms with Crippen LogP contribution in [0.5, 0.6) is 0 Å². The first kappa shape index (κ1) is 26.0. The van der Waals surface area contributed by atoms with Gasteiger partial charge in [0.25, 0.3) is 0 Å². The van der Waals surface area contributed by atoms with E-state index >= 15 is 0 Å². The standard InChI is InChI=1S/C33H35N5O2/c1-5-10-28-36-37-30-26-21-25(22-11-7-6-8-12-22)29(34-27(26)17-20-38(28)30)23-13-15-24(16-14-23)33(18-9-19-33)35-31(39)40-32(2,3)4/h6-8,11-17,20-21H,5,9-10,18-19H2,1-4H3,(H,35,39). The number of nitrogens with zero attached hydrogens (tertiary/aromatic N) is 4. The molecule has 0 atom stereocenters. The van der Waals surface area contributed by atoms with Gasteiger partial charge >= 0.3 is 6.09 Å². The molecule has 1 fully saturated rings. The Kier molecular flexibility index (Phi) is 6.53. The van der Waals surface area contributed by atoms with Crippen LogP contribution in [0.2, 0.25) is 0 Å². The van der Waals surface area contributed by atoms with Crippen molar-refractivity contribution in [1.82, 2.24) is 24.9 Å². The molecule has 40 heavy (non-hydrogen) atoms. The van der Waals surface area contributed by atoms with E-state index in [0.717, 1.165) is 82.4 Å². The lowest BCUT2D eigenvalue weighted by molar-refractivity contribution is 0.0377. The third-order valence-electron chi connectivity index (χ3n) is 7.66. The third-order valence-corrected chi connectivity index (χ3v) is 7.66. The molecule has 5 aromatic rings. The monoisotopic (exact) mass is 533 g/mol. The third kappa shape index (κ3) is 4.81. The highest BCUT2D eigenvalue weighted by atomic mass is 16.6. The molecule has 7 heteroatoms. The molecular formula is C33H35N5O2. The molecule has 0 bridgehead atoms. The quantitative estimate of drug-likeness (QED) is 0.245. The fourth-order valence-electron chi connectivity index (χ4n) is 5.56. The summed E-state index contributed by atoms with van der Waals surface area (Å²) in [6.45, 7) is 7.80. The predicted molar refractivity (Wildman–Crippen MR) is 158 cm³/mol. The summed E-state index contributed by atoms with van der Waals surface area (Å²) < 4.78 is 7.64. The second kappa shape index (κ2) is 10.0. The minimum absolute atomic E-state index is 0.374. The van der Waals surface area contributed by atoms with Crippen molar-refractivity contribution in [3.05, 3.63) is 84.3 Å². The fourth-order valence-corrected chi connectivity index (χ4v) is 5.56. The molecule has 1 saturated carbocycles. The summed E-state index contributed by atoms with van der Waals surface area (Å²) in [6, 6.07) is 23.0. The molecule has 204 valence electrons. The normalized spacial score (nSPS) is 14.7. The Balaban J connectivity index is 1.42. The number of aromatic nitrogens is 4. The van der Waals surface area contributed by atoms with Crippen LogP contribution in [0.15, 0.2) is 72.9 Å². The maximum atomic E-state index is 12.6. The largest absolute Gasteiger partial charge is 0.444 e. The van der Waals surface area contributed by atoms with Gasteiger partial charge in [-0.15, -0.1) is 10.2 Å². The Bertz CT molecular complexity index is 1680. The molecule has 1 N–H and O–H groups in total. The summed E-state index contributed by atoms with van der Waals surface area (Å²) in [5.41, 5.74) is 5.92. The molecule has 1 aliphatic rings. The Morgan fingerprint density at radius 3 is 2.40 bits per heavy atom. The minimum Gasteiger partial charge on any atom is -0.444 e. The molecule has 3 aromatic heterocycles. The van der Waals surface area contributed by atoms with Crippen LogP contribution >= 0.6 is 0 Å². The van der Waals surface area contributed by atoms with Gasteiger partial charge in [-0.2, -0.15) is 0 Å². The summed E-state index contributed by atoms with van der Waals surface area (Å²) in [7, 11) is 0. The van der Waals surface area contributed by atoms with E-state index in [2.05, 4.69) is 69.3 Å². The maximum absolute atomic E-state index is 12.6. The Hall–Kier alpha value is -4.26. The van der Waals surface area contributed by atoms with Gasteiger partial charge < -0.3 is 10.1 Å². The summed E-state index contributed by atoms with van der Waals surface area (Å²) in [4.78, 5) is 17.8. The van der Waals surface area contributed by atoms with Crippen molar-refractivity contribution in [2.24, 2.45) is 0 Å². The van der Waals surface area contributed by atoms with E-state index in [-0.39, 0.29) is 6.09 Å². The van der Waals surface area contributed by atoms with E-state index < -0.39 is 11.1 Å². The number of benzene rings is 2. The van der Waals surface area contributed by atoms with Gasteiger partial charge in [-0.3, -0.25) is 4.40 Å². The predicted octanol–water partition coefficient (Wildman–Crippen LogP) is 7.47. The lowest BCUT2D eigenvalue weighted by Crippen LogP contribution is -2.52. The van der Waals surface area contributed by atoms with E-state index in [9.17, 15) is 4.79 Å². The van der Waals surface area contributed by atoms with Crippen molar-refractivity contribution in [2.75, 3.05) is 0 Å². The molecule has 0 spiro atoms. The van der Waals surface area contributed by atoms with Crippen molar-refractivity contribution in [1.29, 1.82) is 0 Å². The fraction of sp³-hybridized carbons (Fsp3) is 0.333. The van der Waals surface area contributed by atoms with Crippen molar-refractivity contribution in [3.63, 3.8) is 0 Å². The van der Waals surface area contributed by atoms with Crippen molar-refractivity contribution in [2.45, 2.75) is 70.9 Å². The molecule has 0 aliphatic heterocycles. The van der Waals surface area contributed by atoms with E-state index in [1.165, 1.54) is 0 Å². The van der Waals surface area contributed by atoms with Gasteiger partial charge in [0, 0.05) is 29.1 Å². The van der Waals surface area contributed by atoms with Gasteiger partial charge in [-0.25, -0.2) is 9.78 Å². The minimum atomic E-state index is -0.538. The first-order chi connectivity index (χ1) is 19.3. The highest BCUT2D eigenvalue weighted by Gasteiger charge is 2.41. The average Bonchev–Trinajstić information content (AvgIpc) is 3.33. The number of pyridine rings is 2. The number of fused-ring (bicyclic) bond motifs is 3. The maximum Gasteiger partial charge on any atom is 0.408 e. The zero-order valence-electron chi connectivity index (χ0n) is 23.6. The number of carbonyl (C=O) groups is 1. The van der Waals surface area contributed by atoms with Crippen LogP contribution in [0.1, 0.15) is 64.8 Å². The average molecular weight is 534 g/mol. The number of alkyl carbamates (subject to hydrolysis) is 1. The summed E-state index contributed by atoms with van der Waals surface area (Å²) in [5.74, 6) is 0.963. The molecule has 0 saturated heterocycles. The number of carbonyl (C=O) groups excluding carboxylic acids is 1. The number of aryl methyl sites for hydroxylation is 1. The first-order valence-electron chi connectivity index (χ1n) is 14.1. The second-order valence-electron chi connectivity index (χ2n) is 11.7. The highest BCUT2D eigenvalue weighted by Crippen LogP contribution is 2.42. The van der Waals surface area contributed by atoms with Crippen molar-refractivity contribution in [3.8, 4) is 22.4 Å². The SMILES string of the molecule is CCCc1nnc2c3cc(-c4ccccc4)c(-c4ccc(C5(NC(=O)OC(C)(C)C)CCC5)cc4)nc3ccn12. The molecule has 1 aliphatic carbocycles. The van der Waals surface area contributed by atoms with E-state index in [0.29, 0.717) is 0 Å². The van der Waals surface area contributed by atoms with Gasteiger partial charge in [-0.1, -0.05) is 61.5 Å². The smallest absolute Gasteiger partial charge is 0.408 e. The van der Waals surface area contributed by atoms with Crippen LogP contribution in [0, 0.1) is 0 Å².